The number of benzene rings is 6. The number of hydrogen-bond acceptors (Lipinski definition) is 8. The van der Waals surface area contributed by atoms with Crippen molar-refractivity contribution in [2.24, 2.45) is 0 Å². The quantitative estimate of drug-likeness (QED) is 0.111. The molecule has 3 aliphatic rings. The fourth-order valence-electron chi connectivity index (χ4n) is 8.70. The van der Waals surface area contributed by atoms with Crippen LogP contribution in [0, 0.1) is 30.2 Å². The van der Waals surface area contributed by atoms with Crippen LogP contribution in [0.25, 0.3) is 0 Å². The zero-order chi connectivity index (χ0) is 48.8. The number of nitrogens with one attached hydrogen (secondary N) is 3. The molecule has 0 aromatic heterocycles. The predicted molar refractivity (Wildman–Crippen MR) is 263 cm³/mol. The van der Waals surface area contributed by atoms with Crippen molar-refractivity contribution in [1.82, 2.24) is 16.0 Å². The molecule has 3 fully saturated rings. The minimum Gasteiger partial charge on any atom is -0.496 e. The molecular formula is C54H56F7N3O2S3. The van der Waals surface area contributed by atoms with Crippen LogP contribution in [0.5, 0.6) is 11.5 Å². The average Bonchev–Trinajstić information content (AvgIpc) is 3.35. The van der Waals surface area contributed by atoms with Crippen LogP contribution in [0.3, 0.4) is 0 Å². The molecule has 5 nitrogen and oxygen atoms in total. The fraction of sp³-hybridized carbons (Fsp3) is 0.333. The molecule has 15 heteroatoms. The highest BCUT2D eigenvalue weighted by molar-refractivity contribution is 8.00. The first-order valence-electron chi connectivity index (χ1n) is 23.1. The first-order valence-corrected chi connectivity index (χ1v) is 25.6. The standard InChI is InChI=1S/C18H17F4NOS.C18H19F2NS.C18H20FNOS/c19-13-1-6-17(16(11-13)12-7-9-23-10-8-12)25-15-4-2-14(3-5-15)24-18(20,21)22;1-12-10-14(19)2-4-17(12)22-18-5-3-15(20)11-16(18)13-6-8-21-9-7-13;1-21-16-4-2-3-5-18(16)22-17-7-6-14(19)12-15(17)13-8-10-20-11-9-13/h1-6,11-12,23H,7-10H2;2-5,10-11,13,21H,6-9H2,1H3;2-7,12-13,20H,8-11H2,1H3. The van der Waals surface area contributed by atoms with Gasteiger partial charge in [-0.15, -0.1) is 13.2 Å². The Bertz CT molecular complexity index is 2580. The number of ether oxygens (including phenoxy) is 2. The van der Waals surface area contributed by atoms with Gasteiger partial charge in [0, 0.05) is 24.5 Å². The lowest BCUT2D eigenvalue weighted by molar-refractivity contribution is -0.274. The molecule has 6 aromatic carbocycles. The first-order chi connectivity index (χ1) is 33.3. The Hall–Kier alpha value is -4.64. The molecule has 0 unspecified atom stereocenters. The molecule has 366 valence electrons. The van der Waals surface area contributed by atoms with Gasteiger partial charge in [-0.1, -0.05) is 47.4 Å². The zero-order valence-corrected chi connectivity index (χ0v) is 40.9. The van der Waals surface area contributed by atoms with Crippen LogP contribution in [0.15, 0.2) is 151 Å². The Morgan fingerprint density at radius 3 is 1.28 bits per heavy atom. The van der Waals surface area contributed by atoms with E-state index in [1.807, 2.05) is 43.3 Å². The maximum absolute atomic E-state index is 13.7. The van der Waals surface area contributed by atoms with Crippen LogP contribution < -0.4 is 25.4 Å². The number of rotatable bonds is 11. The molecule has 3 aliphatic heterocycles. The molecule has 0 atom stereocenters. The van der Waals surface area contributed by atoms with E-state index in [2.05, 4.69) is 20.7 Å². The molecule has 0 radical (unpaired) electrons. The average molecular weight is 1010 g/mol. The SMILES string of the molecule is COc1ccccc1Sc1ccc(F)cc1C1CCNCC1.Cc1cc(F)ccc1Sc1ccc(F)cc1C1CCNCC1.Fc1ccc(Sc2ccc(OC(F)(F)F)cc2)c(C2CCNCC2)c1. The third-order valence-corrected chi connectivity index (χ3v) is 15.7. The molecule has 3 heterocycles. The summed E-state index contributed by atoms with van der Waals surface area (Å²) in [7, 11) is 1.68. The van der Waals surface area contributed by atoms with Gasteiger partial charge in [-0.25, -0.2) is 17.6 Å². The van der Waals surface area contributed by atoms with E-state index in [4.69, 9.17) is 4.74 Å². The summed E-state index contributed by atoms with van der Waals surface area (Å²) in [6.45, 7) is 7.64. The number of halogens is 7. The summed E-state index contributed by atoms with van der Waals surface area (Å²) >= 11 is 4.67. The van der Waals surface area contributed by atoms with Gasteiger partial charge in [0.25, 0.3) is 0 Å². The zero-order valence-electron chi connectivity index (χ0n) is 38.5. The highest BCUT2D eigenvalue weighted by Crippen LogP contribution is 2.42. The van der Waals surface area contributed by atoms with E-state index >= 15 is 0 Å². The molecule has 3 saturated heterocycles. The molecule has 3 N–H and O–H groups in total. The minimum atomic E-state index is -4.70. The van der Waals surface area contributed by atoms with Gasteiger partial charge >= 0.3 is 6.36 Å². The molecule has 0 aliphatic carbocycles. The number of aryl methyl sites for hydroxylation is 1. The van der Waals surface area contributed by atoms with Crippen molar-refractivity contribution in [3.8, 4) is 11.5 Å². The van der Waals surface area contributed by atoms with Crippen molar-refractivity contribution < 1.29 is 40.2 Å². The second kappa shape index (κ2) is 25.5. The monoisotopic (exact) mass is 1010 g/mol. The number of methoxy groups -OCH3 is 1. The Balaban J connectivity index is 0.000000153. The van der Waals surface area contributed by atoms with Crippen LogP contribution in [0.1, 0.15) is 78.5 Å². The van der Waals surface area contributed by atoms with Gasteiger partial charge in [-0.2, -0.15) is 0 Å². The lowest BCUT2D eigenvalue weighted by Crippen LogP contribution is -2.26. The maximum Gasteiger partial charge on any atom is 0.573 e. The molecule has 0 saturated carbocycles. The maximum atomic E-state index is 13.7. The summed E-state index contributed by atoms with van der Waals surface area (Å²) < 4.78 is 100. The molecule has 9 rings (SSSR count). The van der Waals surface area contributed by atoms with Gasteiger partial charge in [0.15, 0.2) is 0 Å². The highest BCUT2D eigenvalue weighted by Gasteiger charge is 2.31. The number of piperidine rings is 3. The summed E-state index contributed by atoms with van der Waals surface area (Å²) in [5.74, 6) is 0.863. The summed E-state index contributed by atoms with van der Waals surface area (Å²) in [6.07, 6.45) is 1.35. The lowest BCUT2D eigenvalue weighted by atomic mass is 9.90. The van der Waals surface area contributed by atoms with Crippen LogP contribution in [0.4, 0.5) is 30.7 Å². The summed E-state index contributed by atoms with van der Waals surface area (Å²) in [5, 5.41) is 9.99. The van der Waals surface area contributed by atoms with Gasteiger partial charge in [0.2, 0.25) is 0 Å². The normalized spacial score (nSPS) is 15.9. The Labute approximate surface area is 413 Å². The fourth-order valence-corrected chi connectivity index (χ4v) is 11.9. The summed E-state index contributed by atoms with van der Waals surface area (Å²) in [5.41, 5.74) is 4.07. The molecular weight excluding hydrogens is 952 g/mol. The van der Waals surface area contributed by atoms with Crippen molar-refractivity contribution in [3.05, 3.63) is 167 Å². The molecule has 0 spiro atoms. The second-order valence-corrected chi connectivity index (χ2v) is 20.3. The lowest BCUT2D eigenvalue weighted by Gasteiger charge is -2.25. The number of hydrogen-bond donors (Lipinski definition) is 3. The van der Waals surface area contributed by atoms with Crippen molar-refractivity contribution >= 4 is 35.3 Å². The third-order valence-electron chi connectivity index (χ3n) is 12.2. The highest BCUT2D eigenvalue weighted by atomic mass is 32.2. The van der Waals surface area contributed by atoms with E-state index in [-0.39, 0.29) is 34.9 Å². The Morgan fingerprint density at radius 1 is 0.464 bits per heavy atom. The van der Waals surface area contributed by atoms with Crippen molar-refractivity contribution in [1.29, 1.82) is 0 Å². The third kappa shape index (κ3) is 15.7. The van der Waals surface area contributed by atoms with Crippen molar-refractivity contribution in [3.63, 3.8) is 0 Å². The first kappa shape index (κ1) is 52.2. The van der Waals surface area contributed by atoms with E-state index < -0.39 is 6.36 Å². The molecule has 0 amide bonds. The van der Waals surface area contributed by atoms with E-state index in [1.54, 1.807) is 79.2 Å². The van der Waals surface area contributed by atoms with E-state index in [0.717, 1.165) is 135 Å². The predicted octanol–water partition coefficient (Wildman–Crippen LogP) is 14.7. The molecule has 6 aromatic rings. The topological polar surface area (TPSA) is 54.5 Å². The van der Waals surface area contributed by atoms with Crippen molar-refractivity contribution in [2.45, 2.75) is 98.9 Å². The summed E-state index contributed by atoms with van der Waals surface area (Å²) in [6, 6.07) is 33.3. The van der Waals surface area contributed by atoms with Crippen LogP contribution in [-0.2, 0) is 0 Å². The van der Waals surface area contributed by atoms with Crippen LogP contribution >= 0.6 is 35.3 Å². The summed E-state index contributed by atoms with van der Waals surface area (Å²) in [4.78, 5) is 5.98. The second-order valence-electron chi connectivity index (χ2n) is 17.0. The molecule has 0 bridgehead atoms. The minimum absolute atomic E-state index is 0.155. The van der Waals surface area contributed by atoms with E-state index in [0.29, 0.717) is 11.8 Å². The largest absolute Gasteiger partial charge is 0.573 e. The smallest absolute Gasteiger partial charge is 0.496 e. The van der Waals surface area contributed by atoms with Crippen molar-refractivity contribution in [2.75, 3.05) is 46.4 Å². The van der Waals surface area contributed by atoms with Crippen LogP contribution in [0.2, 0.25) is 0 Å². The molecule has 69 heavy (non-hydrogen) atoms. The van der Waals surface area contributed by atoms with Gasteiger partial charge in [-0.05, 0) is 234 Å². The van der Waals surface area contributed by atoms with Gasteiger partial charge in [0.1, 0.15) is 34.8 Å². The number of alkyl halides is 3. The van der Waals surface area contributed by atoms with Crippen LogP contribution in [-0.4, -0.2) is 52.7 Å². The van der Waals surface area contributed by atoms with E-state index in [1.165, 1.54) is 48.2 Å². The Kier molecular flexibility index (Phi) is 19.3. The number of para-hydroxylation sites is 1. The van der Waals surface area contributed by atoms with Gasteiger partial charge < -0.3 is 25.4 Å². The van der Waals surface area contributed by atoms with Gasteiger partial charge in [0.05, 0.1) is 12.0 Å². The van der Waals surface area contributed by atoms with Gasteiger partial charge in [-0.3, -0.25) is 0 Å². The Morgan fingerprint density at radius 2 is 0.855 bits per heavy atom. The van der Waals surface area contributed by atoms with E-state index in [9.17, 15) is 30.7 Å².